The van der Waals surface area contributed by atoms with Crippen LogP contribution in [0.25, 0.3) is 0 Å². The van der Waals surface area contributed by atoms with Crippen molar-refractivity contribution >= 4 is 5.91 Å². The minimum atomic E-state index is -0.155. The first-order chi connectivity index (χ1) is 7.59. The molecule has 1 aliphatic carbocycles. The Morgan fingerprint density at radius 1 is 1.56 bits per heavy atom. The van der Waals surface area contributed by atoms with Gasteiger partial charge in [-0.25, -0.2) is 4.98 Å². The molecule has 1 unspecified atom stereocenters. The molecule has 1 heterocycles. The summed E-state index contributed by atoms with van der Waals surface area (Å²) >= 11 is 0. The molecule has 2 N–H and O–H groups in total. The lowest BCUT2D eigenvalue weighted by Crippen LogP contribution is -2.47. The quantitative estimate of drug-likeness (QED) is 0.796. The molecule has 5 nitrogen and oxygen atoms in total. The first-order valence-electron chi connectivity index (χ1n) is 5.76. The number of hydrogen-bond donors (Lipinski definition) is 2. The van der Waals surface area contributed by atoms with Gasteiger partial charge in [0.05, 0.1) is 0 Å². The molecular weight excluding hydrogens is 204 g/mol. The number of amides is 1. The van der Waals surface area contributed by atoms with Gasteiger partial charge in [-0.2, -0.15) is 5.10 Å². The van der Waals surface area contributed by atoms with Crippen LogP contribution in [0.3, 0.4) is 0 Å². The average Bonchev–Trinajstić information content (AvgIpc) is 2.74. The van der Waals surface area contributed by atoms with Gasteiger partial charge in [0.25, 0.3) is 5.91 Å². The lowest BCUT2D eigenvalue weighted by molar-refractivity contribution is 0.0843. The second-order valence-electron chi connectivity index (χ2n) is 5.09. The van der Waals surface area contributed by atoms with E-state index in [-0.39, 0.29) is 17.4 Å². The third-order valence-corrected chi connectivity index (χ3v) is 3.44. The summed E-state index contributed by atoms with van der Waals surface area (Å²) in [5.74, 6) is 0.138. The molecule has 0 bridgehead atoms. The van der Waals surface area contributed by atoms with E-state index in [4.69, 9.17) is 0 Å². The smallest absolute Gasteiger partial charge is 0.288 e. The van der Waals surface area contributed by atoms with Crippen molar-refractivity contribution in [3.63, 3.8) is 0 Å². The van der Waals surface area contributed by atoms with E-state index >= 15 is 0 Å². The molecule has 1 fully saturated rings. The second kappa shape index (κ2) is 4.23. The molecule has 1 atom stereocenters. The molecule has 1 aromatic heterocycles. The van der Waals surface area contributed by atoms with Crippen LogP contribution >= 0.6 is 0 Å². The van der Waals surface area contributed by atoms with Crippen LogP contribution in [0.4, 0.5) is 0 Å². The van der Waals surface area contributed by atoms with Crippen LogP contribution in [0.15, 0.2) is 6.33 Å². The Kier molecular flexibility index (Phi) is 2.94. The van der Waals surface area contributed by atoms with E-state index in [2.05, 4.69) is 34.3 Å². The zero-order valence-electron chi connectivity index (χ0n) is 9.79. The Labute approximate surface area is 95.0 Å². The predicted octanol–water partition coefficient (Wildman–Crippen LogP) is 1.50. The fourth-order valence-corrected chi connectivity index (χ4v) is 2.30. The average molecular weight is 222 g/mol. The summed E-state index contributed by atoms with van der Waals surface area (Å²) in [6.45, 7) is 4.41. The maximum Gasteiger partial charge on any atom is 0.288 e. The number of carbonyl (C=O) groups is 1. The van der Waals surface area contributed by atoms with E-state index in [9.17, 15) is 4.79 Å². The van der Waals surface area contributed by atoms with Crippen molar-refractivity contribution in [2.45, 2.75) is 45.6 Å². The van der Waals surface area contributed by atoms with Gasteiger partial charge >= 0.3 is 0 Å². The Hall–Kier alpha value is -1.39. The van der Waals surface area contributed by atoms with Gasteiger partial charge in [0.2, 0.25) is 5.82 Å². The van der Waals surface area contributed by atoms with Crippen LogP contribution in [0.5, 0.6) is 0 Å². The molecule has 5 heteroatoms. The van der Waals surface area contributed by atoms with E-state index in [0.717, 1.165) is 12.8 Å². The number of carbonyl (C=O) groups excluding carboxylic acids is 1. The molecular formula is C11H18N4O. The number of aromatic amines is 1. The molecule has 2 rings (SSSR count). The van der Waals surface area contributed by atoms with Gasteiger partial charge < -0.3 is 5.32 Å². The summed E-state index contributed by atoms with van der Waals surface area (Å²) in [6, 6.07) is 0.235. The SMILES string of the molecule is CC1(C)CCCCC1NC(=O)c1ncn[nH]1. The number of nitrogens with zero attached hydrogens (tertiary/aromatic N) is 2. The lowest BCUT2D eigenvalue weighted by Gasteiger charge is -2.38. The molecule has 88 valence electrons. The van der Waals surface area contributed by atoms with Gasteiger partial charge in [-0.1, -0.05) is 26.7 Å². The standard InChI is InChI=1S/C11H18N4O/c1-11(2)6-4-3-5-8(11)14-10(16)9-12-7-13-15-9/h7-8H,3-6H2,1-2H3,(H,14,16)(H,12,13,15). The highest BCUT2D eigenvalue weighted by atomic mass is 16.2. The second-order valence-corrected chi connectivity index (χ2v) is 5.09. The Morgan fingerprint density at radius 3 is 3.00 bits per heavy atom. The third-order valence-electron chi connectivity index (χ3n) is 3.44. The third kappa shape index (κ3) is 2.23. The molecule has 1 saturated carbocycles. The first-order valence-corrected chi connectivity index (χ1v) is 5.76. The van der Waals surface area contributed by atoms with Crippen LogP contribution in [0.2, 0.25) is 0 Å². The van der Waals surface area contributed by atoms with Gasteiger partial charge in [-0.15, -0.1) is 0 Å². The number of nitrogens with one attached hydrogen (secondary N) is 2. The molecule has 0 aliphatic heterocycles. The Morgan fingerprint density at radius 2 is 2.38 bits per heavy atom. The fraction of sp³-hybridized carbons (Fsp3) is 0.727. The minimum absolute atomic E-state index is 0.155. The Bertz CT molecular complexity index is 358. The van der Waals surface area contributed by atoms with Gasteiger partial charge in [-0.3, -0.25) is 9.89 Å². The monoisotopic (exact) mass is 222 g/mol. The summed E-state index contributed by atoms with van der Waals surface area (Å²) < 4.78 is 0. The zero-order valence-corrected chi connectivity index (χ0v) is 9.79. The van der Waals surface area contributed by atoms with Crippen molar-refractivity contribution in [2.24, 2.45) is 5.41 Å². The van der Waals surface area contributed by atoms with E-state index < -0.39 is 0 Å². The predicted molar refractivity (Wildman–Crippen MR) is 59.9 cm³/mol. The van der Waals surface area contributed by atoms with Crippen molar-refractivity contribution in [3.8, 4) is 0 Å². The molecule has 0 spiro atoms. The summed E-state index contributed by atoms with van der Waals surface area (Å²) in [5.41, 5.74) is 0.175. The molecule has 16 heavy (non-hydrogen) atoms. The van der Waals surface area contributed by atoms with Gasteiger partial charge in [0, 0.05) is 6.04 Å². The largest absolute Gasteiger partial charge is 0.346 e. The summed E-state index contributed by atoms with van der Waals surface area (Å²) in [4.78, 5) is 15.7. The number of aromatic nitrogens is 3. The maximum atomic E-state index is 11.8. The molecule has 1 amide bonds. The van der Waals surface area contributed by atoms with E-state index in [1.54, 1.807) is 0 Å². The molecule has 1 aliphatic rings. The van der Waals surface area contributed by atoms with E-state index in [1.165, 1.54) is 19.2 Å². The fourth-order valence-electron chi connectivity index (χ4n) is 2.30. The summed E-state index contributed by atoms with van der Waals surface area (Å²) in [6.07, 6.45) is 5.99. The highest BCUT2D eigenvalue weighted by Crippen LogP contribution is 2.35. The van der Waals surface area contributed by atoms with Crippen LogP contribution in [0.1, 0.15) is 50.1 Å². The van der Waals surface area contributed by atoms with Crippen molar-refractivity contribution in [3.05, 3.63) is 12.2 Å². The normalized spacial score (nSPS) is 24.0. The van der Waals surface area contributed by atoms with Crippen LogP contribution in [-0.2, 0) is 0 Å². The van der Waals surface area contributed by atoms with Gasteiger partial charge in [0.15, 0.2) is 0 Å². The highest BCUT2D eigenvalue weighted by Gasteiger charge is 2.33. The topological polar surface area (TPSA) is 70.7 Å². The minimum Gasteiger partial charge on any atom is -0.346 e. The van der Waals surface area contributed by atoms with Gasteiger partial charge in [0.1, 0.15) is 6.33 Å². The number of rotatable bonds is 2. The van der Waals surface area contributed by atoms with Crippen LogP contribution < -0.4 is 5.32 Å². The molecule has 0 radical (unpaired) electrons. The molecule has 0 aromatic carbocycles. The van der Waals surface area contributed by atoms with Gasteiger partial charge in [-0.05, 0) is 18.3 Å². The van der Waals surface area contributed by atoms with E-state index in [1.807, 2.05) is 0 Å². The highest BCUT2D eigenvalue weighted by molar-refractivity contribution is 5.90. The van der Waals surface area contributed by atoms with Crippen molar-refractivity contribution in [2.75, 3.05) is 0 Å². The maximum absolute atomic E-state index is 11.8. The van der Waals surface area contributed by atoms with Crippen molar-refractivity contribution in [1.29, 1.82) is 0 Å². The van der Waals surface area contributed by atoms with E-state index in [0.29, 0.717) is 5.82 Å². The summed E-state index contributed by atoms with van der Waals surface area (Å²) in [7, 11) is 0. The van der Waals surface area contributed by atoms with Crippen molar-refractivity contribution < 1.29 is 4.79 Å². The lowest BCUT2D eigenvalue weighted by atomic mass is 9.73. The zero-order chi connectivity index (χ0) is 11.6. The number of H-pyrrole nitrogens is 1. The summed E-state index contributed by atoms with van der Waals surface area (Å²) in [5, 5.41) is 9.30. The van der Waals surface area contributed by atoms with Crippen LogP contribution in [-0.4, -0.2) is 27.1 Å². The van der Waals surface area contributed by atoms with Crippen LogP contribution in [0, 0.1) is 5.41 Å². The first kappa shape index (κ1) is 11.1. The molecule has 1 aromatic rings. The van der Waals surface area contributed by atoms with Crippen molar-refractivity contribution in [1.82, 2.24) is 20.5 Å². The molecule has 0 saturated heterocycles. The number of hydrogen-bond acceptors (Lipinski definition) is 3. The Balaban J connectivity index is 2.01.